The van der Waals surface area contributed by atoms with Gasteiger partial charge in [0.05, 0.1) is 21.9 Å². The Morgan fingerprint density at radius 2 is 2.04 bits per heavy atom. The van der Waals surface area contributed by atoms with Crippen molar-refractivity contribution in [2.24, 2.45) is 0 Å². The molecule has 0 saturated carbocycles. The van der Waals surface area contributed by atoms with Gasteiger partial charge < -0.3 is 4.90 Å². The Morgan fingerprint density at radius 3 is 2.77 bits per heavy atom. The second-order valence-electron chi connectivity index (χ2n) is 6.34. The van der Waals surface area contributed by atoms with Gasteiger partial charge in [0.15, 0.2) is 4.34 Å². The Balaban J connectivity index is 1.73. The molecule has 0 N–H and O–H groups in total. The van der Waals surface area contributed by atoms with Crippen LogP contribution in [0.5, 0.6) is 0 Å². The third kappa shape index (κ3) is 2.95. The van der Waals surface area contributed by atoms with Crippen molar-refractivity contribution in [1.29, 1.82) is 0 Å². The zero-order valence-electron chi connectivity index (χ0n) is 14.3. The summed E-state index contributed by atoms with van der Waals surface area (Å²) in [6.07, 6.45) is 0. The Bertz CT molecular complexity index is 1050. The van der Waals surface area contributed by atoms with Gasteiger partial charge in [-0.25, -0.2) is 0 Å². The van der Waals surface area contributed by atoms with E-state index in [9.17, 15) is 4.79 Å². The van der Waals surface area contributed by atoms with Crippen molar-refractivity contribution < 1.29 is 4.79 Å². The highest BCUT2D eigenvalue weighted by molar-refractivity contribution is 8.01. The maximum absolute atomic E-state index is 13.2. The molecule has 0 bridgehead atoms. The number of thioether (sulfide) groups is 1. The average molecular weight is 438 g/mol. The summed E-state index contributed by atoms with van der Waals surface area (Å²) in [5.41, 5.74) is 2.67. The van der Waals surface area contributed by atoms with Gasteiger partial charge in [0, 0.05) is 11.1 Å². The predicted octanol–water partition coefficient (Wildman–Crippen LogP) is 5.74. The first kappa shape index (κ1) is 18.2. The summed E-state index contributed by atoms with van der Waals surface area (Å²) in [6.45, 7) is 6.11. The molecule has 0 unspecified atom stereocenters. The second kappa shape index (κ2) is 6.79. The fourth-order valence-electron chi connectivity index (χ4n) is 3.15. The van der Waals surface area contributed by atoms with Gasteiger partial charge in [-0.3, -0.25) is 4.79 Å². The number of fused-ring (bicyclic) bond motifs is 3. The van der Waals surface area contributed by atoms with Crippen LogP contribution in [0.4, 0.5) is 5.69 Å². The number of amides is 1. The molecule has 0 saturated heterocycles. The molecule has 0 atom stereocenters. The molecule has 0 fully saturated rings. The number of rotatable bonds is 3. The topological polar surface area (TPSA) is 46.1 Å². The summed E-state index contributed by atoms with van der Waals surface area (Å²) in [4.78, 5) is 16.3. The molecule has 3 heterocycles. The SMILES string of the molecule is Cc1nnc(SCC(=O)N2c3ccccc3-c3c(ssc3=S)C2(C)C)s1. The van der Waals surface area contributed by atoms with E-state index in [1.165, 1.54) is 23.1 Å². The second-order valence-corrected chi connectivity index (χ2v) is 11.6. The van der Waals surface area contributed by atoms with E-state index >= 15 is 0 Å². The van der Waals surface area contributed by atoms with E-state index in [1.807, 2.05) is 30.0 Å². The van der Waals surface area contributed by atoms with E-state index < -0.39 is 5.54 Å². The standard InChI is InChI=1S/C17H15N3OS5/c1-9-18-19-16(24-9)23-8-12(21)20-11-7-5-4-6-10(11)13-14(17(20,2)3)25-26-15(13)22/h4-7H,8H2,1-3H3. The smallest absolute Gasteiger partial charge is 0.238 e. The number of anilines is 1. The van der Waals surface area contributed by atoms with Gasteiger partial charge in [-0.05, 0) is 26.8 Å². The number of nitrogens with zero attached hydrogens (tertiary/aromatic N) is 3. The molecule has 134 valence electrons. The van der Waals surface area contributed by atoms with Crippen LogP contribution < -0.4 is 4.90 Å². The highest BCUT2D eigenvalue weighted by Gasteiger charge is 2.42. The van der Waals surface area contributed by atoms with E-state index in [-0.39, 0.29) is 5.91 Å². The summed E-state index contributed by atoms with van der Waals surface area (Å²) in [5.74, 6) is 0.396. The zero-order valence-corrected chi connectivity index (χ0v) is 18.4. The molecular formula is C17H15N3OS5. The largest absolute Gasteiger partial charge is 0.301 e. The third-order valence-corrected chi connectivity index (χ3v) is 9.52. The van der Waals surface area contributed by atoms with Crippen LogP contribution in [0, 0.1) is 10.7 Å². The molecule has 26 heavy (non-hydrogen) atoms. The number of aromatic nitrogens is 2. The maximum Gasteiger partial charge on any atom is 0.238 e. The molecular weight excluding hydrogens is 423 g/mol. The first-order valence-electron chi connectivity index (χ1n) is 7.88. The molecule has 1 amide bonds. The molecule has 0 spiro atoms. The molecule has 0 radical (unpaired) electrons. The lowest BCUT2D eigenvalue weighted by atomic mass is 9.87. The third-order valence-electron chi connectivity index (χ3n) is 4.24. The van der Waals surface area contributed by atoms with Gasteiger partial charge in [-0.1, -0.05) is 74.2 Å². The molecule has 0 aliphatic carbocycles. The maximum atomic E-state index is 13.2. The highest BCUT2D eigenvalue weighted by atomic mass is 32.9. The molecule has 4 rings (SSSR count). The Labute approximate surface area is 172 Å². The minimum Gasteiger partial charge on any atom is -0.301 e. The molecule has 1 aromatic carbocycles. The van der Waals surface area contributed by atoms with Crippen LogP contribution >= 0.6 is 56.0 Å². The summed E-state index contributed by atoms with van der Waals surface area (Å²) >= 11 is 8.54. The number of benzene rings is 1. The van der Waals surface area contributed by atoms with Crippen molar-refractivity contribution >= 4 is 67.6 Å². The number of aryl methyl sites for hydroxylation is 1. The molecule has 3 aromatic rings. The van der Waals surface area contributed by atoms with E-state index in [4.69, 9.17) is 12.2 Å². The Morgan fingerprint density at radius 1 is 1.27 bits per heavy atom. The molecule has 9 heteroatoms. The lowest BCUT2D eigenvalue weighted by Crippen LogP contribution is -2.48. The minimum absolute atomic E-state index is 0.0651. The summed E-state index contributed by atoms with van der Waals surface area (Å²) in [6, 6.07) is 8.04. The average Bonchev–Trinajstić information content (AvgIpc) is 3.19. The van der Waals surface area contributed by atoms with Gasteiger partial charge in [0.25, 0.3) is 0 Å². The number of para-hydroxylation sites is 1. The van der Waals surface area contributed by atoms with Crippen LogP contribution in [0.2, 0.25) is 0 Å². The van der Waals surface area contributed by atoms with Crippen LogP contribution in [0.15, 0.2) is 28.6 Å². The first-order chi connectivity index (χ1) is 12.4. The van der Waals surface area contributed by atoms with E-state index in [0.717, 1.165) is 34.9 Å². The van der Waals surface area contributed by atoms with Crippen LogP contribution in [-0.2, 0) is 10.3 Å². The summed E-state index contributed by atoms with van der Waals surface area (Å²) in [7, 11) is 3.29. The number of hydrogen-bond donors (Lipinski definition) is 0. The highest BCUT2D eigenvalue weighted by Crippen LogP contribution is 2.52. The van der Waals surface area contributed by atoms with Crippen LogP contribution in [0.1, 0.15) is 23.7 Å². The van der Waals surface area contributed by atoms with Crippen LogP contribution in [0.25, 0.3) is 11.1 Å². The number of carbonyl (C=O) groups is 1. The summed E-state index contributed by atoms with van der Waals surface area (Å²) < 4.78 is 1.72. The zero-order chi connectivity index (χ0) is 18.5. The van der Waals surface area contributed by atoms with Gasteiger partial charge in [-0.15, -0.1) is 10.2 Å². The Kier molecular flexibility index (Phi) is 4.77. The lowest BCUT2D eigenvalue weighted by molar-refractivity contribution is -0.117. The van der Waals surface area contributed by atoms with E-state index in [2.05, 4.69) is 30.1 Å². The van der Waals surface area contributed by atoms with Crippen molar-refractivity contribution in [3.05, 3.63) is 38.0 Å². The minimum atomic E-state index is -0.434. The number of hydrogen-bond acceptors (Lipinski definition) is 8. The van der Waals surface area contributed by atoms with Crippen molar-refractivity contribution in [2.75, 3.05) is 10.7 Å². The summed E-state index contributed by atoms with van der Waals surface area (Å²) in [5, 5.41) is 9.03. The van der Waals surface area contributed by atoms with Gasteiger partial charge in [0.1, 0.15) is 8.83 Å². The predicted molar refractivity (Wildman–Crippen MR) is 114 cm³/mol. The van der Waals surface area contributed by atoms with Gasteiger partial charge >= 0.3 is 0 Å². The van der Waals surface area contributed by atoms with Crippen LogP contribution in [0.3, 0.4) is 0 Å². The molecule has 4 nitrogen and oxygen atoms in total. The van der Waals surface area contributed by atoms with Crippen molar-refractivity contribution in [3.63, 3.8) is 0 Å². The molecule has 1 aliphatic heterocycles. The quantitative estimate of drug-likeness (QED) is 0.297. The monoisotopic (exact) mass is 437 g/mol. The molecule has 2 aromatic heterocycles. The Hall–Kier alpha value is -1.13. The first-order valence-corrected chi connectivity index (χ1v) is 12.2. The van der Waals surface area contributed by atoms with Crippen molar-refractivity contribution in [3.8, 4) is 11.1 Å². The molecule has 1 aliphatic rings. The van der Waals surface area contributed by atoms with Crippen LogP contribution in [-0.4, -0.2) is 21.9 Å². The van der Waals surface area contributed by atoms with Gasteiger partial charge in [-0.2, -0.15) is 0 Å². The fourth-order valence-corrected chi connectivity index (χ4v) is 8.10. The van der Waals surface area contributed by atoms with Gasteiger partial charge in [0.2, 0.25) is 5.91 Å². The number of carbonyl (C=O) groups excluding carboxylic acids is 1. The van der Waals surface area contributed by atoms with Crippen molar-refractivity contribution in [1.82, 2.24) is 10.2 Å². The van der Waals surface area contributed by atoms with E-state index in [0.29, 0.717) is 5.75 Å². The normalized spacial score (nSPS) is 14.8. The van der Waals surface area contributed by atoms with Crippen molar-refractivity contribution in [2.45, 2.75) is 30.6 Å². The van der Waals surface area contributed by atoms with E-state index in [1.54, 1.807) is 20.7 Å². The fraction of sp³-hybridized carbons (Fsp3) is 0.294. The lowest BCUT2D eigenvalue weighted by Gasteiger charge is -2.42.